The fraction of sp³-hybridized carbons (Fsp3) is 0.462. The highest BCUT2D eigenvalue weighted by Crippen LogP contribution is 2.38. The Labute approximate surface area is 120 Å². The third-order valence-corrected chi connectivity index (χ3v) is 4.24. The molecule has 104 valence electrons. The second-order valence-electron chi connectivity index (χ2n) is 4.52. The van der Waals surface area contributed by atoms with Crippen LogP contribution in [0.15, 0.2) is 22.7 Å². The van der Waals surface area contributed by atoms with Crippen molar-refractivity contribution < 1.29 is 14.3 Å². The van der Waals surface area contributed by atoms with Crippen molar-refractivity contribution in [2.75, 3.05) is 20.3 Å². The standard InChI is InChI=1S/C13H17BrN2O3/c1-18-11-3-2-9(8-10(11)14)13(12(17)16-15)4-6-19-7-5-13/h2-3,8H,4-7,15H2,1H3,(H,16,17). The fourth-order valence-corrected chi connectivity index (χ4v) is 3.01. The van der Waals surface area contributed by atoms with Crippen molar-refractivity contribution >= 4 is 21.8 Å². The molecule has 1 aliphatic rings. The van der Waals surface area contributed by atoms with Gasteiger partial charge in [-0.3, -0.25) is 10.2 Å². The Kier molecular flexibility index (Phi) is 4.44. The van der Waals surface area contributed by atoms with E-state index in [1.807, 2.05) is 18.2 Å². The first-order valence-electron chi connectivity index (χ1n) is 6.07. The van der Waals surface area contributed by atoms with E-state index in [9.17, 15) is 4.79 Å². The number of halogens is 1. The lowest BCUT2D eigenvalue weighted by Gasteiger charge is -2.35. The minimum absolute atomic E-state index is 0.173. The van der Waals surface area contributed by atoms with Crippen LogP contribution in [0.3, 0.4) is 0 Å². The zero-order valence-electron chi connectivity index (χ0n) is 10.7. The number of hydrogen-bond acceptors (Lipinski definition) is 4. The van der Waals surface area contributed by atoms with E-state index < -0.39 is 5.41 Å². The SMILES string of the molecule is COc1ccc(C2(C(=O)NN)CCOCC2)cc1Br. The van der Waals surface area contributed by atoms with Crippen LogP contribution < -0.4 is 16.0 Å². The van der Waals surface area contributed by atoms with Gasteiger partial charge in [-0.25, -0.2) is 5.84 Å². The van der Waals surface area contributed by atoms with Gasteiger partial charge in [0.2, 0.25) is 5.91 Å². The normalized spacial score (nSPS) is 17.8. The van der Waals surface area contributed by atoms with Gasteiger partial charge in [0, 0.05) is 13.2 Å². The first-order valence-corrected chi connectivity index (χ1v) is 6.86. The molecular weight excluding hydrogens is 312 g/mol. The van der Waals surface area contributed by atoms with E-state index in [1.54, 1.807) is 7.11 Å². The van der Waals surface area contributed by atoms with Gasteiger partial charge in [-0.2, -0.15) is 0 Å². The fourth-order valence-electron chi connectivity index (χ4n) is 2.47. The van der Waals surface area contributed by atoms with Gasteiger partial charge in [-0.15, -0.1) is 0 Å². The van der Waals surface area contributed by atoms with E-state index in [0.29, 0.717) is 26.1 Å². The minimum atomic E-state index is -0.623. The molecule has 1 amide bonds. The Balaban J connectivity index is 2.43. The summed E-state index contributed by atoms with van der Waals surface area (Å²) in [6.07, 6.45) is 1.24. The summed E-state index contributed by atoms with van der Waals surface area (Å²) in [4.78, 5) is 12.2. The lowest BCUT2D eigenvalue weighted by molar-refractivity contribution is -0.130. The number of benzene rings is 1. The van der Waals surface area contributed by atoms with Crippen molar-refractivity contribution in [3.8, 4) is 5.75 Å². The van der Waals surface area contributed by atoms with Crippen molar-refractivity contribution in [1.29, 1.82) is 0 Å². The molecule has 0 bridgehead atoms. The first kappa shape index (κ1) is 14.3. The van der Waals surface area contributed by atoms with Crippen molar-refractivity contribution in [3.05, 3.63) is 28.2 Å². The Morgan fingerprint density at radius 3 is 2.68 bits per heavy atom. The minimum Gasteiger partial charge on any atom is -0.496 e. The van der Waals surface area contributed by atoms with Crippen LogP contribution in [0.1, 0.15) is 18.4 Å². The summed E-state index contributed by atoms with van der Waals surface area (Å²) < 4.78 is 11.4. The lowest BCUT2D eigenvalue weighted by Crippen LogP contribution is -2.50. The van der Waals surface area contributed by atoms with Crippen LogP contribution in [-0.2, 0) is 14.9 Å². The number of hydrazine groups is 1. The Hall–Kier alpha value is -1.11. The Morgan fingerprint density at radius 1 is 1.47 bits per heavy atom. The van der Waals surface area contributed by atoms with E-state index in [1.165, 1.54) is 0 Å². The van der Waals surface area contributed by atoms with Crippen LogP contribution in [0.2, 0.25) is 0 Å². The molecular formula is C13H17BrN2O3. The average molecular weight is 329 g/mol. The van der Waals surface area contributed by atoms with Crippen molar-refractivity contribution in [3.63, 3.8) is 0 Å². The topological polar surface area (TPSA) is 73.6 Å². The van der Waals surface area contributed by atoms with Crippen LogP contribution in [0.4, 0.5) is 0 Å². The van der Waals surface area contributed by atoms with E-state index in [-0.39, 0.29) is 5.91 Å². The van der Waals surface area contributed by atoms with Gasteiger partial charge in [-0.05, 0) is 46.5 Å². The predicted molar refractivity (Wildman–Crippen MR) is 74.8 cm³/mol. The molecule has 2 rings (SSSR count). The number of carbonyl (C=O) groups is 1. The van der Waals surface area contributed by atoms with Gasteiger partial charge in [0.15, 0.2) is 0 Å². The quantitative estimate of drug-likeness (QED) is 0.501. The number of nitrogens with two attached hydrogens (primary N) is 1. The summed E-state index contributed by atoms with van der Waals surface area (Å²) in [5.41, 5.74) is 2.58. The molecule has 5 nitrogen and oxygen atoms in total. The van der Waals surface area contributed by atoms with Crippen LogP contribution >= 0.6 is 15.9 Å². The maximum atomic E-state index is 12.2. The molecule has 0 unspecified atom stereocenters. The molecule has 1 heterocycles. The molecule has 0 aromatic heterocycles. The van der Waals surface area contributed by atoms with Gasteiger partial charge < -0.3 is 9.47 Å². The van der Waals surface area contributed by atoms with Crippen LogP contribution in [0.5, 0.6) is 5.75 Å². The molecule has 0 aliphatic carbocycles. The molecule has 0 atom stereocenters. The third kappa shape index (κ3) is 2.61. The summed E-state index contributed by atoms with van der Waals surface area (Å²) in [6.45, 7) is 1.11. The highest BCUT2D eigenvalue weighted by molar-refractivity contribution is 9.10. The number of methoxy groups -OCH3 is 1. The van der Waals surface area contributed by atoms with E-state index in [0.717, 1.165) is 15.8 Å². The lowest BCUT2D eigenvalue weighted by atomic mass is 9.73. The molecule has 1 aromatic carbocycles. The summed E-state index contributed by atoms with van der Waals surface area (Å²) in [7, 11) is 1.61. The molecule has 19 heavy (non-hydrogen) atoms. The summed E-state index contributed by atoms with van der Waals surface area (Å²) in [5.74, 6) is 5.90. The van der Waals surface area contributed by atoms with Gasteiger partial charge >= 0.3 is 0 Å². The van der Waals surface area contributed by atoms with Gasteiger partial charge in [-0.1, -0.05) is 6.07 Å². The maximum Gasteiger partial charge on any atom is 0.244 e. The molecule has 3 N–H and O–H groups in total. The summed E-state index contributed by atoms with van der Waals surface area (Å²) >= 11 is 3.45. The number of ether oxygens (including phenoxy) is 2. The van der Waals surface area contributed by atoms with Crippen molar-refractivity contribution in [2.24, 2.45) is 5.84 Å². The summed E-state index contributed by atoms with van der Waals surface area (Å²) in [6, 6.07) is 5.67. The maximum absolute atomic E-state index is 12.2. The third-order valence-electron chi connectivity index (χ3n) is 3.62. The van der Waals surface area contributed by atoms with Crippen molar-refractivity contribution in [1.82, 2.24) is 5.43 Å². The van der Waals surface area contributed by atoms with Crippen LogP contribution in [0.25, 0.3) is 0 Å². The highest BCUT2D eigenvalue weighted by atomic mass is 79.9. The van der Waals surface area contributed by atoms with Crippen molar-refractivity contribution in [2.45, 2.75) is 18.3 Å². The zero-order valence-corrected chi connectivity index (χ0v) is 12.3. The van der Waals surface area contributed by atoms with Crippen LogP contribution in [-0.4, -0.2) is 26.2 Å². The number of rotatable bonds is 3. The predicted octanol–water partition coefficient (Wildman–Crippen LogP) is 1.50. The molecule has 0 saturated carbocycles. The molecule has 1 saturated heterocycles. The van der Waals surface area contributed by atoms with Gasteiger partial charge in [0.25, 0.3) is 0 Å². The molecule has 1 fully saturated rings. The molecule has 0 spiro atoms. The Morgan fingerprint density at radius 2 is 2.16 bits per heavy atom. The van der Waals surface area contributed by atoms with Crippen LogP contribution in [0, 0.1) is 0 Å². The monoisotopic (exact) mass is 328 g/mol. The highest BCUT2D eigenvalue weighted by Gasteiger charge is 2.41. The number of hydrogen-bond donors (Lipinski definition) is 2. The molecule has 6 heteroatoms. The number of carbonyl (C=O) groups excluding carboxylic acids is 1. The first-order chi connectivity index (χ1) is 9.14. The molecule has 0 radical (unpaired) electrons. The Bertz CT molecular complexity index is 473. The molecule has 1 aliphatic heterocycles. The zero-order chi connectivity index (χ0) is 13.9. The average Bonchev–Trinajstić information content (AvgIpc) is 2.47. The largest absolute Gasteiger partial charge is 0.496 e. The molecule has 1 aromatic rings. The number of amides is 1. The van der Waals surface area contributed by atoms with Gasteiger partial charge in [0.05, 0.1) is 17.0 Å². The second-order valence-corrected chi connectivity index (χ2v) is 5.37. The number of nitrogens with one attached hydrogen (secondary N) is 1. The smallest absolute Gasteiger partial charge is 0.244 e. The van der Waals surface area contributed by atoms with Gasteiger partial charge in [0.1, 0.15) is 5.75 Å². The second kappa shape index (κ2) is 5.90. The van der Waals surface area contributed by atoms with E-state index in [4.69, 9.17) is 15.3 Å². The summed E-state index contributed by atoms with van der Waals surface area (Å²) in [5, 5.41) is 0. The van der Waals surface area contributed by atoms with E-state index in [2.05, 4.69) is 21.4 Å². The van der Waals surface area contributed by atoms with E-state index >= 15 is 0 Å².